The zero-order valence-electron chi connectivity index (χ0n) is 13.5. The second-order valence-electron chi connectivity index (χ2n) is 6.89. The van der Waals surface area contributed by atoms with E-state index >= 15 is 0 Å². The summed E-state index contributed by atoms with van der Waals surface area (Å²) in [6, 6.07) is 6.80. The number of amides is 1. The van der Waals surface area contributed by atoms with Gasteiger partial charge in [-0.1, -0.05) is 23.8 Å². The number of nitrogens with zero attached hydrogens (tertiary/aromatic N) is 1. The molecule has 3 rings (SSSR count). The van der Waals surface area contributed by atoms with E-state index in [1.54, 1.807) is 0 Å². The monoisotopic (exact) mass is 322 g/mol. The number of carbonyl (C=O) groups is 1. The van der Waals surface area contributed by atoms with Crippen molar-refractivity contribution >= 4 is 18.3 Å². The van der Waals surface area contributed by atoms with Gasteiger partial charge in [0.05, 0.1) is 0 Å². The van der Waals surface area contributed by atoms with Crippen LogP contribution < -0.4 is 5.73 Å². The number of carbonyl (C=O) groups excluding carboxylic acids is 1. The van der Waals surface area contributed by atoms with E-state index in [9.17, 15) is 4.79 Å². The van der Waals surface area contributed by atoms with Crippen molar-refractivity contribution in [2.24, 2.45) is 17.6 Å². The Morgan fingerprint density at radius 1 is 1.27 bits per heavy atom. The molecule has 1 saturated heterocycles. The van der Waals surface area contributed by atoms with Crippen LogP contribution in [-0.4, -0.2) is 29.9 Å². The van der Waals surface area contributed by atoms with Crippen molar-refractivity contribution in [3.05, 3.63) is 34.9 Å². The van der Waals surface area contributed by atoms with Crippen LogP contribution in [0.5, 0.6) is 0 Å². The molecule has 1 aliphatic carbocycles. The van der Waals surface area contributed by atoms with E-state index in [-0.39, 0.29) is 12.4 Å². The van der Waals surface area contributed by atoms with Gasteiger partial charge in [-0.05, 0) is 56.1 Å². The first kappa shape index (κ1) is 17.3. The largest absolute Gasteiger partial charge is 0.342 e. The highest BCUT2D eigenvalue weighted by atomic mass is 35.5. The number of hydrogen-bond acceptors (Lipinski definition) is 2. The van der Waals surface area contributed by atoms with Crippen LogP contribution in [0.4, 0.5) is 0 Å². The Balaban J connectivity index is 0.00000176. The van der Waals surface area contributed by atoms with E-state index in [0.29, 0.717) is 30.2 Å². The molecule has 4 heteroatoms. The average molecular weight is 323 g/mol. The van der Waals surface area contributed by atoms with Gasteiger partial charge in [0.25, 0.3) is 0 Å². The van der Waals surface area contributed by atoms with Gasteiger partial charge in [-0.25, -0.2) is 0 Å². The zero-order chi connectivity index (χ0) is 15.0. The standard InChI is InChI=1S/C18H26N2O.ClH/c1-12-3-4-14(13(2)9-12)6-8-18(21)20-10-15-5-7-17(19)16(15)11-20;/h3-4,9,15-17H,5-8,10-11,19H2,1-2H3;1H. The Morgan fingerprint density at radius 3 is 2.73 bits per heavy atom. The molecule has 1 aromatic carbocycles. The molecular weight excluding hydrogens is 296 g/mol. The minimum atomic E-state index is 0. The molecule has 2 fully saturated rings. The zero-order valence-corrected chi connectivity index (χ0v) is 14.4. The molecule has 2 aliphatic rings. The molecule has 1 aliphatic heterocycles. The van der Waals surface area contributed by atoms with Crippen molar-refractivity contribution in [1.82, 2.24) is 4.90 Å². The fourth-order valence-corrected chi connectivity index (χ4v) is 4.04. The second kappa shape index (κ2) is 7.01. The summed E-state index contributed by atoms with van der Waals surface area (Å²) < 4.78 is 0. The molecule has 0 radical (unpaired) electrons. The number of rotatable bonds is 3. The molecule has 3 atom stereocenters. The maximum Gasteiger partial charge on any atom is 0.222 e. The van der Waals surface area contributed by atoms with Crippen LogP contribution >= 0.6 is 12.4 Å². The minimum absolute atomic E-state index is 0. The summed E-state index contributed by atoms with van der Waals surface area (Å²) in [7, 11) is 0. The van der Waals surface area contributed by atoms with Crippen LogP contribution in [0.2, 0.25) is 0 Å². The summed E-state index contributed by atoms with van der Waals surface area (Å²) in [5.74, 6) is 1.51. The number of halogens is 1. The summed E-state index contributed by atoms with van der Waals surface area (Å²) in [5, 5.41) is 0. The van der Waals surface area contributed by atoms with Crippen molar-refractivity contribution in [3.8, 4) is 0 Å². The average Bonchev–Trinajstić information content (AvgIpc) is 3.00. The number of nitrogens with two attached hydrogens (primary N) is 1. The second-order valence-corrected chi connectivity index (χ2v) is 6.89. The summed E-state index contributed by atoms with van der Waals surface area (Å²) in [4.78, 5) is 14.5. The van der Waals surface area contributed by atoms with Gasteiger partial charge in [0, 0.05) is 25.6 Å². The normalized spacial score (nSPS) is 26.7. The molecule has 3 unspecified atom stereocenters. The third kappa shape index (κ3) is 3.47. The number of likely N-dealkylation sites (tertiary alicyclic amines) is 1. The van der Waals surface area contributed by atoms with Crippen molar-refractivity contribution in [2.75, 3.05) is 13.1 Å². The number of aryl methyl sites for hydroxylation is 3. The molecule has 0 bridgehead atoms. The highest BCUT2D eigenvalue weighted by Gasteiger charge is 2.42. The van der Waals surface area contributed by atoms with E-state index in [1.807, 2.05) is 0 Å². The molecule has 1 amide bonds. The molecule has 1 heterocycles. The lowest BCUT2D eigenvalue weighted by atomic mass is 9.98. The first-order valence-electron chi connectivity index (χ1n) is 8.14. The molecule has 3 nitrogen and oxygen atoms in total. The van der Waals surface area contributed by atoms with Gasteiger partial charge in [0.2, 0.25) is 5.91 Å². The fourth-order valence-electron chi connectivity index (χ4n) is 4.04. The predicted octanol–water partition coefficient (Wildman–Crippen LogP) is 2.85. The molecular formula is C18H27ClN2O. The molecule has 22 heavy (non-hydrogen) atoms. The quantitative estimate of drug-likeness (QED) is 0.930. The smallest absolute Gasteiger partial charge is 0.222 e. The molecule has 1 aromatic rings. The Kier molecular flexibility index (Phi) is 5.51. The minimum Gasteiger partial charge on any atom is -0.342 e. The van der Waals surface area contributed by atoms with Crippen LogP contribution in [0.15, 0.2) is 18.2 Å². The van der Waals surface area contributed by atoms with Gasteiger partial charge >= 0.3 is 0 Å². The molecule has 2 N–H and O–H groups in total. The van der Waals surface area contributed by atoms with Crippen LogP contribution in [0.3, 0.4) is 0 Å². The first-order chi connectivity index (χ1) is 10.0. The van der Waals surface area contributed by atoms with Gasteiger partial charge in [-0.2, -0.15) is 0 Å². The first-order valence-corrected chi connectivity index (χ1v) is 8.14. The van der Waals surface area contributed by atoms with Crippen molar-refractivity contribution in [2.45, 2.75) is 45.6 Å². The summed E-state index contributed by atoms with van der Waals surface area (Å²) in [5.41, 5.74) is 10.0. The van der Waals surface area contributed by atoms with Gasteiger partial charge in [-0.3, -0.25) is 4.79 Å². The highest BCUT2D eigenvalue weighted by molar-refractivity contribution is 5.85. The SMILES string of the molecule is Cc1ccc(CCC(=O)N2CC3CCC(N)C3C2)c(C)c1.Cl. The Hall–Kier alpha value is -1.06. The molecule has 1 saturated carbocycles. The molecule has 122 valence electrons. The lowest BCUT2D eigenvalue weighted by Crippen LogP contribution is -2.33. The fraction of sp³-hybridized carbons (Fsp3) is 0.611. The number of hydrogen-bond donors (Lipinski definition) is 1. The maximum atomic E-state index is 12.4. The van der Waals surface area contributed by atoms with Gasteiger partial charge < -0.3 is 10.6 Å². The summed E-state index contributed by atoms with van der Waals surface area (Å²) in [6.07, 6.45) is 3.81. The van der Waals surface area contributed by atoms with Crippen LogP contribution in [0.1, 0.15) is 36.0 Å². The number of fused-ring (bicyclic) bond motifs is 1. The van der Waals surface area contributed by atoms with Crippen molar-refractivity contribution in [3.63, 3.8) is 0 Å². The maximum absolute atomic E-state index is 12.4. The predicted molar refractivity (Wildman–Crippen MR) is 92.3 cm³/mol. The van der Waals surface area contributed by atoms with E-state index < -0.39 is 0 Å². The lowest BCUT2D eigenvalue weighted by molar-refractivity contribution is -0.130. The third-order valence-electron chi connectivity index (χ3n) is 5.37. The Morgan fingerprint density at radius 2 is 2.05 bits per heavy atom. The third-order valence-corrected chi connectivity index (χ3v) is 5.37. The topological polar surface area (TPSA) is 46.3 Å². The van der Waals surface area contributed by atoms with Crippen molar-refractivity contribution < 1.29 is 4.79 Å². The van der Waals surface area contributed by atoms with Crippen LogP contribution in [0, 0.1) is 25.7 Å². The van der Waals surface area contributed by atoms with Crippen molar-refractivity contribution in [1.29, 1.82) is 0 Å². The Bertz CT molecular complexity index is 546. The molecule has 0 aromatic heterocycles. The summed E-state index contributed by atoms with van der Waals surface area (Å²) >= 11 is 0. The number of benzene rings is 1. The van der Waals surface area contributed by atoms with Crippen LogP contribution in [-0.2, 0) is 11.2 Å². The van der Waals surface area contributed by atoms with Gasteiger partial charge in [-0.15, -0.1) is 12.4 Å². The van der Waals surface area contributed by atoms with Crippen LogP contribution in [0.25, 0.3) is 0 Å². The van der Waals surface area contributed by atoms with E-state index in [0.717, 1.165) is 25.9 Å². The highest BCUT2D eigenvalue weighted by Crippen LogP contribution is 2.37. The van der Waals surface area contributed by atoms with E-state index in [4.69, 9.17) is 5.73 Å². The van der Waals surface area contributed by atoms with E-state index in [2.05, 4.69) is 36.9 Å². The Labute approximate surface area is 139 Å². The molecule has 0 spiro atoms. The lowest BCUT2D eigenvalue weighted by Gasteiger charge is -2.19. The van der Waals surface area contributed by atoms with Gasteiger partial charge in [0.1, 0.15) is 0 Å². The summed E-state index contributed by atoms with van der Waals surface area (Å²) in [6.45, 7) is 6.06. The van der Waals surface area contributed by atoms with E-state index in [1.165, 1.54) is 23.1 Å². The van der Waals surface area contributed by atoms with Gasteiger partial charge in [0.15, 0.2) is 0 Å².